The van der Waals surface area contributed by atoms with Gasteiger partial charge in [-0.2, -0.15) is 0 Å². The van der Waals surface area contributed by atoms with Gasteiger partial charge in [0.25, 0.3) is 0 Å². The summed E-state index contributed by atoms with van der Waals surface area (Å²) in [5.41, 5.74) is 0.601. The highest BCUT2D eigenvalue weighted by Crippen LogP contribution is 2.29. The fraction of sp³-hybridized carbons (Fsp3) is 0.263. The molecule has 0 aliphatic heterocycles. The van der Waals surface area contributed by atoms with Crippen molar-refractivity contribution in [3.05, 3.63) is 48.3 Å². The lowest BCUT2D eigenvalue weighted by atomic mass is 10.2. The number of carbonyl (C=O) groups is 2. The molecule has 2 amide bonds. The second-order valence-electron chi connectivity index (χ2n) is 5.49. The SMILES string of the molecule is COc1ccc(OC)c(NC(=O)CCN(C(C)=O)c2ccccc2F)c1. The molecule has 26 heavy (non-hydrogen) atoms. The fourth-order valence-corrected chi connectivity index (χ4v) is 2.46. The van der Waals surface area contributed by atoms with Crippen LogP contribution in [0.5, 0.6) is 11.5 Å². The van der Waals surface area contributed by atoms with Gasteiger partial charge in [-0.1, -0.05) is 12.1 Å². The zero-order valence-corrected chi connectivity index (χ0v) is 14.9. The number of para-hydroxylation sites is 1. The minimum atomic E-state index is -0.516. The molecule has 0 atom stereocenters. The van der Waals surface area contributed by atoms with Gasteiger partial charge in [0, 0.05) is 26.0 Å². The Labute approximate surface area is 151 Å². The lowest BCUT2D eigenvalue weighted by molar-refractivity contribution is -0.117. The molecule has 0 saturated heterocycles. The topological polar surface area (TPSA) is 67.9 Å². The first kappa shape index (κ1) is 19.2. The second kappa shape index (κ2) is 8.84. The van der Waals surface area contributed by atoms with E-state index in [0.717, 1.165) is 0 Å². The standard InChI is InChI=1S/C19H21FN2O4/c1-13(23)22(17-7-5-4-6-15(17)20)11-10-19(24)21-16-12-14(25-2)8-9-18(16)26-3/h4-9,12H,10-11H2,1-3H3,(H,21,24). The van der Waals surface area contributed by atoms with E-state index in [4.69, 9.17) is 9.47 Å². The van der Waals surface area contributed by atoms with Crippen molar-refractivity contribution in [2.45, 2.75) is 13.3 Å². The number of amides is 2. The Hall–Kier alpha value is -3.09. The minimum Gasteiger partial charge on any atom is -0.497 e. The molecule has 0 aliphatic rings. The highest BCUT2D eigenvalue weighted by atomic mass is 19.1. The van der Waals surface area contributed by atoms with Gasteiger partial charge in [0.2, 0.25) is 11.8 Å². The molecule has 0 aliphatic carbocycles. The van der Waals surface area contributed by atoms with Crippen LogP contribution in [-0.2, 0) is 9.59 Å². The number of rotatable bonds is 7. The van der Waals surface area contributed by atoms with Gasteiger partial charge >= 0.3 is 0 Å². The van der Waals surface area contributed by atoms with Crippen LogP contribution < -0.4 is 19.7 Å². The summed E-state index contributed by atoms with van der Waals surface area (Å²) in [5, 5.41) is 2.72. The lowest BCUT2D eigenvalue weighted by Gasteiger charge is -2.21. The number of ether oxygens (including phenoxy) is 2. The predicted octanol–water partition coefficient (Wildman–Crippen LogP) is 3.22. The van der Waals surface area contributed by atoms with Crippen molar-refractivity contribution in [3.8, 4) is 11.5 Å². The van der Waals surface area contributed by atoms with E-state index in [1.54, 1.807) is 30.3 Å². The number of carbonyl (C=O) groups excluding carboxylic acids is 2. The first-order valence-electron chi connectivity index (χ1n) is 8.00. The fourth-order valence-electron chi connectivity index (χ4n) is 2.46. The third-order valence-electron chi connectivity index (χ3n) is 3.77. The first-order valence-corrected chi connectivity index (χ1v) is 8.00. The molecule has 2 rings (SSSR count). The molecular formula is C19H21FN2O4. The van der Waals surface area contributed by atoms with Crippen LogP contribution >= 0.6 is 0 Å². The number of hydrogen-bond acceptors (Lipinski definition) is 4. The summed E-state index contributed by atoms with van der Waals surface area (Å²) in [4.78, 5) is 25.4. The highest BCUT2D eigenvalue weighted by molar-refractivity contribution is 5.95. The van der Waals surface area contributed by atoms with E-state index in [2.05, 4.69) is 5.32 Å². The van der Waals surface area contributed by atoms with Crippen LogP contribution in [0.15, 0.2) is 42.5 Å². The monoisotopic (exact) mass is 360 g/mol. The normalized spacial score (nSPS) is 10.2. The molecule has 7 heteroatoms. The maximum Gasteiger partial charge on any atom is 0.226 e. The molecule has 0 spiro atoms. The Morgan fingerprint density at radius 3 is 2.46 bits per heavy atom. The van der Waals surface area contributed by atoms with Crippen molar-refractivity contribution < 1.29 is 23.5 Å². The van der Waals surface area contributed by atoms with E-state index in [0.29, 0.717) is 17.2 Å². The van der Waals surface area contributed by atoms with Gasteiger partial charge in [0.1, 0.15) is 17.3 Å². The molecule has 0 heterocycles. The average molecular weight is 360 g/mol. The van der Waals surface area contributed by atoms with E-state index in [-0.39, 0.29) is 30.5 Å². The lowest BCUT2D eigenvalue weighted by Crippen LogP contribution is -2.32. The maximum atomic E-state index is 13.9. The minimum absolute atomic E-state index is 0.00568. The summed E-state index contributed by atoms with van der Waals surface area (Å²) < 4.78 is 24.3. The van der Waals surface area contributed by atoms with Gasteiger partial charge in [0.05, 0.1) is 25.6 Å². The predicted molar refractivity (Wildman–Crippen MR) is 97.2 cm³/mol. The molecule has 2 aromatic carbocycles. The Morgan fingerprint density at radius 1 is 1.12 bits per heavy atom. The van der Waals surface area contributed by atoms with Crippen molar-refractivity contribution in [1.29, 1.82) is 0 Å². The number of nitrogens with zero attached hydrogens (tertiary/aromatic N) is 1. The van der Waals surface area contributed by atoms with Crippen LogP contribution in [0.3, 0.4) is 0 Å². The van der Waals surface area contributed by atoms with Gasteiger partial charge in [-0.25, -0.2) is 4.39 Å². The summed E-state index contributed by atoms with van der Waals surface area (Å²) >= 11 is 0. The molecule has 138 valence electrons. The third kappa shape index (κ3) is 4.72. The van der Waals surface area contributed by atoms with Crippen LogP contribution in [0.1, 0.15) is 13.3 Å². The Morgan fingerprint density at radius 2 is 1.85 bits per heavy atom. The molecule has 0 radical (unpaired) electrons. The largest absolute Gasteiger partial charge is 0.497 e. The van der Waals surface area contributed by atoms with Crippen LogP contribution in [-0.4, -0.2) is 32.6 Å². The van der Waals surface area contributed by atoms with E-state index >= 15 is 0 Å². The molecule has 0 bridgehead atoms. The summed E-state index contributed by atoms with van der Waals surface area (Å²) in [6.07, 6.45) is -0.00568. The van der Waals surface area contributed by atoms with Crippen molar-refractivity contribution in [3.63, 3.8) is 0 Å². The molecule has 1 N–H and O–H groups in total. The number of hydrogen-bond donors (Lipinski definition) is 1. The second-order valence-corrected chi connectivity index (χ2v) is 5.49. The van der Waals surface area contributed by atoms with E-state index in [9.17, 15) is 14.0 Å². The number of methoxy groups -OCH3 is 2. The van der Waals surface area contributed by atoms with Crippen molar-refractivity contribution in [2.75, 3.05) is 31.0 Å². The van der Waals surface area contributed by atoms with Crippen molar-refractivity contribution >= 4 is 23.2 Å². The quantitative estimate of drug-likeness (QED) is 0.823. The third-order valence-corrected chi connectivity index (χ3v) is 3.77. The number of nitrogens with one attached hydrogen (secondary N) is 1. The van der Waals surface area contributed by atoms with Crippen LogP contribution in [0.4, 0.5) is 15.8 Å². The number of halogens is 1. The number of anilines is 2. The summed E-state index contributed by atoms with van der Waals surface area (Å²) in [5.74, 6) is -0.145. The maximum absolute atomic E-state index is 13.9. The molecule has 0 aromatic heterocycles. The molecule has 0 saturated carbocycles. The average Bonchev–Trinajstić information content (AvgIpc) is 2.63. The van der Waals surface area contributed by atoms with Crippen LogP contribution in [0.25, 0.3) is 0 Å². The zero-order valence-electron chi connectivity index (χ0n) is 14.9. The van der Waals surface area contributed by atoms with Gasteiger partial charge in [-0.15, -0.1) is 0 Å². The molecule has 0 unspecified atom stereocenters. The van der Waals surface area contributed by atoms with Crippen molar-refractivity contribution in [1.82, 2.24) is 0 Å². The Balaban J connectivity index is 2.08. The summed E-state index contributed by atoms with van der Waals surface area (Å²) in [6, 6.07) is 11.0. The van der Waals surface area contributed by atoms with Gasteiger partial charge in [0.15, 0.2) is 0 Å². The molecular weight excluding hydrogens is 339 g/mol. The molecule has 6 nitrogen and oxygen atoms in total. The zero-order chi connectivity index (χ0) is 19.1. The van der Waals surface area contributed by atoms with Gasteiger partial charge < -0.3 is 19.7 Å². The summed E-state index contributed by atoms with van der Waals surface area (Å²) in [6.45, 7) is 1.38. The smallest absolute Gasteiger partial charge is 0.226 e. The number of benzene rings is 2. The van der Waals surface area contributed by atoms with Crippen LogP contribution in [0, 0.1) is 5.82 Å². The first-order chi connectivity index (χ1) is 12.5. The van der Waals surface area contributed by atoms with Gasteiger partial charge in [-0.3, -0.25) is 9.59 Å². The van der Waals surface area contributed by atoms with Crippen LogP contribution in [0.2, 0.25) is 0 Å². The van der Waals surface area contributed by atoms with E-state index in [1.807, 2.05) is 0 Å². The Bertz CT molecular complexity index is 795. The highest BCUT2D eigenvalue weighted by Gasteiger charge is 2.17. The van der Waals surface area contributed by atoms with Crippen molar-refractivity contribution in [2.24, 2.45) is 0 Å². The van der Waals surface area contributed by atoms with E-state index < -0.39 is 5.82 Å². The Kier molecular flexibility index (Phi) is 6.54. The molecule has 0 fully saturated rings. The van der Waals surface area contributed by atoms with E-state index in [1.165, 1.54) is 38.2 Å². The molecule has 2 aromatic rings. The van der Waals surface area contributed by atoms with Gasteiger partial charge in [-0.05, 0) is 24.3 Å². The summed E-state index contributed by atoms with van der Waals surface area (Å²) in [7, 11) is 3.01.